The van der Waals surface area contributed by atoms with Crippen molar-refractivity contribution in [2.45, 2.75) is 37.5 Å². The summed E-state index contributed by atoms with van der Waals surface area (Å²) in [6.45, 7) is 2.37. The monoisotopic (exact) mass is 595 g/mol. The zero-order valence-electron chi connectivity index (χ0n) is 22.0. The van der Waals surface area contributed by atoms with Crippen LogP contribution in [-0.2, 0) is 28.6 Å². The summed E-state index contributed by atoms with van der Waals surface area (Å²) in [5, 5.41) is -0.0591. The van der Waals surface area contributed by atoms with Crippen LogP contribution >= 0.6 is 23.4 Å². The zero-order valence-corrected chi connectivity index (χ0v) is 23.5. The molecule has 0 unspecified atom stereocenters. The molecule has 0 aliphatic heterocycles. The Morgan fingerprint density at radius 1 is 1.00 bits per heavy atom. The molecule has 3 rings (SSSR count). The van der Waals surface area contributed by atoms with E-state index < -0.39 is 41.1 Å². The maximum absolute atomic E-state index is 15.4. The molecule has 0 bridgehead atoms. The maximum Gasteiger partial charge on any atom is 0.334 e. The summed E-state index contributed by atoms with van der Waals surface area (Å²) < 4.78 is 44.5. The zero-order chi connectivity index (χ0) is 29.2. The fraction of sp³-hybridized carbons (Fsp3) is 0.357. The third kappa shape index (κ3) is 7.89. The molecule has 2 aromatic carbocycles. The van der Waals surface area contributed by atoms with E-state index in [2.05, 4.69) is 4.74 Å². The third-order valence-corrected chi connectivity index (χ3v) is 7.38. The minimum Gasteiger partial charge on any atom is -0.468 e. The van der Waals surface area contributed by atoms with Gasteiger partial charge in [-0.1, -0.05) is 17.7 Å². The molecule has 1 aliphatic carbocycles. The van der Waals surface area contributed by atoms with Crippen LogP contribution in [0.15, 0.2) is 52.4 Å². The number of esters is 2. The molecule has 40 heavy (non-hydrogen) atoms. The van der Waals surface area contributed by atoms with Crippen molar-refractivity contribution in [1.82, 2.24) is 0 Å². The molecule has 0 aromatic heterocycles. The van der Waals surface area contributed by atoms with Gasteiger partial charge in [0.15, 0.2) is 0 Å². The average molecular weight is 596 g/mol. The van der Waals surface area contributed by atoms with Crippen LogP contribution in [0.5, 0.6) is 0 Å². The van der Waals surface area contributed by atoms with E-state index in [0.29, 0.717) is 24.3 Å². The van der Waals surface area contributed by atoms with Crippen LogP contribution < -0.4 is 4.90 Å². The Labute approximate surface area is 239 Å². The van der Waals surface area contributed by atoms with Gasteiger partial charge in [-0.2, -0.15) is 0 Å². The fourth-order valence-corrected chi connectivity index (χ4v) is 5.08. The number of anilines is 1. The highest BCUT2D eigenvalue weighted by Crippen LogP contribution is 2.36. The second kappa shape index (κ2) is 14.9. The molecule has 0 saturated heterocycles. The van der Waals surface area contributed by atoms with Crippen molar-refractivity contribution in [3.05, 3.63) is 69.8 Å². The highest BCUT2D eigenvalue weighted by atomic mass is 35.5. The van der Waals surface area contributed by atoms with E-state index in [-0.39, 0.29) is 58.4 Å². The van der Waals surface area contributed by atoms with Gasteiger partial charge >= 0.3 is 11.9 Å². The van der Waals surface area contributed by atoms with Gasteiger partial charge in [0.1, 0.15) is 18.2 Å². The largest absolute Gasteiger partial charge is 0.468 e. The van der Waals surface area contributed by atoms with E-state index in [1.54, 1.807) is 6.92 Å². The fourth-order valence-electron chi connectivity index (χ4n) is 3.98. The van der Waals surface area contributed by atoms with Gasteiger partial charge in [0, 0.05) is 28.2 Å². The first-order chi connectivity index (χ1) is 19.2. The van der Waals surface area contributed by atoms with Gasteiger partial charge in [0.25, 0.3) is 11.8 Å². The number of nitrogens with zero attached hydrogens (tertiary/aromatic N) is 1. The number of hydrogen-bond acceptors (Lipinski definition) is 8. The summed E-state index contributed by atoms with van der Waals surface area (Å²) in [6, 6.07) is 6.67. The number of ether oxygens (including phenoxy) is 3. The second-order valence-electron chi connectivity index (χ2n) is 8.55. The lowest BCUT2D eigenvalue weighted by atomic mass is 9.90. The van der Waals surface area contributed by atoms with Crippen molar-refractivity contribution < 1.29 is 42.2 Å². The SMILES string of the molecule is CCOCCOC(=O)C1=C(C(=O)N(C(=O)c2cccc(F)c2)c2cc(SCC(=O)OC)c(Cl)cc2F)CCCC1. The van der Waals surface area contributed by atoms with Crippen molar-refractivity contribution in [3.8, 4) is 0 Å². The number of hydrogen-bond donors (Lipinski definition) is 0. The number of amides is 2. The molecule has 1 aliphatic rings. The van der Waals surface area contributed by atoms with Gasteiger partial charge in [0.05, 0.1) is 30.2 Å². The molecule has 0 heterocycles. The average Bonchev–Trinajstić information content (AvgIpc) is 2.95. The molecule has 0 spiro atoms. The van der Waals surface area contributed by atoms with Crippen LogP contribution in [0, 0.1) is 11.6 Å². The van der Waals surface area contributed by atoms with Gasteiger partial charge in [-0.25, -0.2) is 18.5 Å². The summed E-state index contributed by atoms with van der Waals surface area (Å²) in [7, 11) is 1.20. The van der Waals surface area contributed by atoms with Crippen LogP contribution in [-0.4, -0.2) is 56.4 Å². The summed E-state index contributed by atoms with van der Waals surface area (Å²) in [5.74, 6) is -5.19. The van der Waals surface area contributed by atoms with Crippen LogP contribution in [0.3, 0.4) is 0 Å². The van der Waals surface area contributed by atoms with E-state index in [4.69, 9.17) is 21.1 Å². The minimum atomic E-state index is -1.02. The molecule has 12 heteroatoms. The highest BCUT2D eigenvalue weighted by Gasteiger charge is 2.34. The van der Waals surface area contributed by atoms with E-state index in [9.17, 15) is 23.6 Å². The van der Waals surface area contributed by atoms with Gasteiger partial charge in [0.2, 0.25) is 0 Å². The normalized spacial score (nSPS) is 13.1. The lowest BCUT2D eigenvalue weighted by Crippen LogP contribution is -2.40. The number of rotatable bonds is 11. The van der Waals surface area contributed by atoms with Crippen molar-refractivity contribution in [2.24, 2.45) is 0 Å². The Morgan fingerprint density at radius 2 is 1.73 bits per heavy atom. The molecule has 2 aromatic rings. The summed E-state index contributed by atoms with van der Waals surface area (Å²) in [5.41, 5.74) is -0.614. The number of methoxy groups -OCH3 is 1. The van der Waals surface area contributed by atoms with Crippen LogP contribution in [0.2, 0.25) is 5.02 Å². The molecule has 214 valence electrons. The van der Waals surface area contributed by atoms with E-state index >= 15 is 4.39 Å². The first kappa shape index (κ1) is 31.3. The Kier molecular flexibility index (Phi) is 11.7. The van der Waals surface area contributed by atoms with Crippen molar-refractivity contribution >= 4 is 52.8 Å². The van der Waals surface area contributed by atoms with Gasteiger partial charge < -0.3 is 14.2 Å². The summed E-state index contributed by atoms with van der Waals surface area (Å²) in [4.78, 5) is 53.0. The number of thioether (sulfide) groups is 1. The van der Waals surface area contributed by atoms with Gasteiger partial charge in [-0.05, 0) is 62.9 Å². The Bertz CT molecular complexity index is 1320. The minimum absolute atomic E-state index is 0.00414. The van der Waals surface area contributed by atoms with Gasteiger partial charge in [-0.15, -0.1) is 11.8 Å². The van der Waals surface area contributed by atoms with Crippen molar-refractivity contribution in [2.75, 3.05) is 37.6 Å². The lowest BCUT2D eigenvalue weighted by molar-refractivity contribution is -0.141. The standard InChI is InChI=1S/C28H28ClF2NO7S/c1-3-38-11-12-39-28(36)20-10-5-4-9-19(20)27(35)32(26(34)17-7-6-8-18(30)13-17)23-15-24(21(29)14-22(23)31)40-16-25(33)37-2/h6-8,13-15H,3-5,9-12,16H2,1-2H3. The molecular weight excluding hydrogens is 568 g/mol. The molecule has 2 amide bonds. The summed E-state index contributed by atoms with van der Waals surface area (Å²) in [6.07, 6.45) is 1.51. The van der Waals surface area contributed by atoms with Crippen molar-refractivity contribution in [1.29, 1.82) is 0 Å². The Morgan fingerprint density at radius 3 is 2.40 bits per heavy atom. The number of benzene rings is 2. The smallest absolute Gasteiger partial charge is 0.334 e. The first-order valence-corrected chi connectivity index (χ1v) is 13.8. The molecule has 0 fully saturated rings. The quantitative estimate of drug-likeness (QED) is 0.145. The molecule has 8 nitrogen and oxygen atoms in total. The molecule has 0 N–H and O–H groups in total. The number of halogens is 3. The number of carbonyl (C=O) groups excluding carboxylic acids is 4. The predicted octanol–water partition coefficient (Wildman–Crippen LogP) is 5.51. The highest BCUT2D eigenvalue weighted by molar-refractivity contribution is 8.00. The summed E-state index contributed by atoms with van der Waals surface area (Å²) >= 11 is 7.10. The Balaban J connectivity index is 2.10. The van der Waals surface area contributed by atoms with E-state index in [1.165, 1.54) is 19.2 Å². The molecule has 0 saturated carbocycles. The molecule has 0 radical (unpaired) electrons. The Hall–Kier alpha value is -3.28. The van der Waals surface area contributed by atoms with Crippen LogP contribution in [0.4, 0.5) is 14.5 Å². The van der Waals surface area contributed by atoms with Crippen LogP contribution in [0.1, 0.15) is 43.0 Å². The van der Waals surface area contributed by atoms with Crippen molar-refractivity contribution in [3.63, 3.8) is 0 Å². The number of carbonyl (C=O) groups is 4. The lowest BCUT2D eigenvalue weighted by Gasteiger charge is -2.26. The second-order valence-corrected chi connectivity index (χ2v) is 9.98. The van der Waals surface area contributed by atoms with Gasteiger partial charge in [-0.3, -0.25) is 14.4 Å². The third-order valence-electron chi connectivity index (χ3n) is 5.93. The number of imide groups is 1. The predicted molar refractivity (Wildman–Crippen MR) is 145 cm³/mol. The van der Waals surface area contributed by atoms with Crippen LogP contribution in [0.25, 0.3) is 0 Å². The van der Waals surface area contributed by atoms with E-state index in [1.807, 2.05) is 0 Å². The maximum atomic E-state index is 15.4. The van der Waals surface area contributed by atoms with E-state index in [0.717, 1.165) is 36.0 Å². The topological polar surface area (TPSA) is 99.2 Å². The molecule has 0 atom stereocenters. The first-order valence-electron chi connectivity index (χ1n) is 12.5. The molecular formula is C28H28ClF2NO7S.